The quantitative estimate of drug-likeness (QED) is 0.729. The van der Waals surface area contributed by atoms with Gasteiger partial charge in [-0.3, -0.25) is 9.59 Å². The fourth-order valence-electron chi connectivity index (χ4n) is 3.87. The number of carbonyl (C=O) groups excluding carboxylic acids is 2. The molecule has 5 nitrogen and oxygen atoms in total. The minimum atomic E-state index is -0.350. The molecule has 144 valence electrons. The SMILES string of the molecule is COc1ccccc1C1=C(N2CCCCC2)C(=O)N(c2cccc(Cl)c2)C1=O. The van der Waals surface area contributed by atoms with Crippen LogP contribution in [0.3, 0.4) is 0 Å². The second-order valence-electron chi connectivity index (χ2n) is 6.90. The summed E-state index contributed by atoms with van der Waals surface area (Å²) in [4.78, 5) is 30.2. The minimum Gasteiger partial charge on any atom is -0.496 e. The number of rotatable bonds is 4. The summed E-state index contributed by atoms with van der Waals surface area (Å²) in [6.45, 7) is 1.52. The normalized spacial score (nSPS) is 17.5. The highest BCUT2D eigenvalue weighted by molar-refractivity contribution is 6.46. The van der Waals surface area contributed by atoms with Crippen LogP contribution in [0.1, 0.15) is 24.8 Å². The largest absolute Gasteiger partial charge is 0.496 e. The van der Waals surface area contributed by atoms with Gasteiger partial charge in [-0.05, 0) is 43.5 Å². The fourth-order valence-corrected chi connectivity index (χ4v) is 4.06. The van der Waals surface area contributed by atoms with E-state index in [-0.39, 0.29) is 11.8 Å². The molecular weight excluding hydrogens is 376 g/mol. The van der Waals surface area contributed by atoms with E-state index in [4.69, 9.17) is 16.3 Å². The molecule has 0 N–H and O–H groups in total. The smallest absolute Gasteiger partial charge is 0.282 e. The highest BCUT2D eigenvalue weighted by atomic mass is 35.5. The molecule has 0 bridgehead atoms. The summed E-state index contributed by atoms with van der Waals surface area (Å²) in [7, 11) is 1.57. The molecule has 2 aromatic carbocycles. The van der Waals surface area contributed by atoms with Crippen LogP contribution in [0.2, 0.25) is 5.02 Å². The number of hydrogen-bond acceptors (Lipinski definition) is 4. The van der Waals surface area contributed by atoms with E-state index in [0.717, 1.165) is 32.4 Å². The number of methoxy groups -OCH3 is 1. The zero-order chi connectivity index (χ0) is 19.7. The summed E-state index contributed by atoms with van der Waals surface area (Å²) >= 11 is 6.11. The van der Waals surface area contributed by atoms with E-state index < -0.39 is 0 Å². The fraction of sp³-hybridized carbons (Fsp3) is 0.273. The van der Waals surface area contributed by atoms with Gasteiger partial charge in [0.2, 0.25) is 0 Å². The third-order valence-corrected chi connectivity index (χ3v) is 5.41. The average Bonchev–Trinajstić information content (AvgIpc) is 2.98. The van der Waals surface area contributed by atoms with Crippen LogP contribution >= 0.6 is 11.6 Å². The Morgan fingerprint density at radius 1 is 0.929 bits per heavy atom. The Morgan fingerprint density at radius 3 is 2.39 bits per heavy atom. The maximum absolute atomic E-state index is 13.5. The predicted octanol–water partition coefficient (Wildman–Crippen LogP) is 4.12. The number of halogens is 1. The first-order valence-corrected chi connectivity index (χ1v) is 9.76. The van der Waals surface area contributed by atoms with Crippen LogP contribution in [0.15, 0.2) is 54.2 Å². The first-order chi connectivity index (χ1) is 13.6. The van der Waals surface area contributed by atoms with Crippen molar-refractivity contribution >= 4 is 34.7 Å². The maximum atomic E-state index is 13.5. The van der Waals surface area contributed by atoms with E-state index in [1.807, 2.05) is 23.1 Å². The van der Waals surface area contributed by atoms with Gasteiger partial charge in [0, 0.05) is 23.7 Å². The average molecular weight is 397 g/mol. The number of ether oxygens (including phenoxy) is 1. The van der Waals surface area contributed by atoms with Crippen molar-refractivity contribution < 1.29 is 14.3 Å². The summed E-state index contributed by atoms with van der Waals surface area (Å²) < 4.78 is 5.48. The molecule has 2 aliphatic heterocycles. The Hall–Kier alpha value is -2.79. The Labute approximate surface area is 169 Å². The highest BCUT2D eigenvalue weighted by Crippen LogP contribution is 2.39. The predicted molar refractivity (Wildman–Crippen MR) is 109 cm³/mol. The number of amides is 2. The molecule has 2 aliphatic rings. The molecule has 0 unspecified atom stereocenters. The van der Waals surface area contributed by atoms with Gasteiger partial charge in [-0.25, -0.2) is 4.90 Å². The Bertz CT molecular complexity index is 964. The monoisotopic (exact) mass is 396 g/mol. The van der Waals surface area contributed by atoms with Crippen molar-refractivity contribution in [2.75, 3.05) is 25.1 Å². The number of piperidine rings is 1. The molecule has 4 rings (SSSR count). The van der Waals surface area contributed by atoms with Gasteiger partial charge in [-0.1, -0.05) is 35.9 Å². The minimum absolute atomic E-state index is 0.310. The topological polar surface area (TPSA) is 49.9 Å². The molecule has 0 saturated carbocycles. The van der Waals surface area contributed by atoms with Crippen LogP contribution < -0.4 is 9.64 Å². The Balaban J connectivity index is 1.87. The number of imide groups is 1. The van der Waals surface area contributed by atoms with Crippen molar-refractivity contribution in [2.45, 2.75) is 19.3 Å². The molecule has 0 spiro atoms. The molecule has 0 aliphatic carbocycles. The van der Waals surface area contributed by atoms with Gasteiger partial charge in [0.05, 0.1) is 18.4 Å². The Kier molecular flexibility index (Phi) is 5.09. The van der Waals surface area contributed by atoms with E-state index >= 15 is 0 Å². The van der Waals surface area contributed by atoms with Crippen molar-refractivity contribution in [1.82, 2.24) is 4.90 Å². The molecule has 0 radical (unpaired) electrons. The van der Waals surface area contributed by atoms with Crippen molar-refractivity contribution in [3.63, 3.8) is 0 Å². The Morgan fingerprint density at radius 2 is 1.68 bits per heavy atom. The summed E-state index contributed by atoms with van der Waals surface area (Å²) in [6, 6.07) is 14.1. The molecule has 0 atom stereocenters. The summed E-state index contributed by atoms with van der Waals surface area (Å²) in [5.41, 5.74) is 1.95. The summed E-state index contributed by atoms with van der Waals surface area (Å²) in [6.07, 6.45) is 3.14. The number of para-hydroxylation sites is 1. The van der Waals surface area contributed by atoms with Gasteiger partial charge in [0.1, 0.15) is 11.4 Å². The van der Waals surface area contributed by atoms with Crippen molar-refractivity contribution in [3.8, 4) is 5.75 Å². The summed E-state index contributed by atoms with van der Waals surface area (Å²) in [5.74, 6) is -0.0893. The van der Waals surface area contributed by atoms with E-state index in [0.29, 0.717) is 33.3 Å². The van der Waals surface area contributed by atoms with Crippen molar-refractivity contribution in [2.24, 2.45) is 0 Å². The van der Waals surface area contributed by atoms with E-state index in [1.54, 1.807) is 37.4 Å². The molecule has 2 amide bonds. The summed E-state index contributed by atoms with van der Waals surface area (Å²) in [5, 5.41) is 0.475. The molecule has 1 fully saturated rings. The second-order valence-corrected chi connectivity index (χ2v) is 7.33. The zero-order valence-corrected chi connectivity index (χ0v) is 16.4. The molecule has 0 aromatic heterocycles. The van der Waals surface area contributed by atoms with Crippen molar-refractivity contribution in [3.05, 3.63) is 64.8 Å². The molecule has 6 heteroatoms. The van der Waals surface area contributed by atoms with Crippen LogP contribution in [0.5, 0.6) is 5.75 Å². The molecular formula is C22H21ClN2O3. The standard InChI is InChI=1S/C22H21ClN2O3/c1-28-18-11-4-3-10-17(18)19-20(24-12-5-2-6-13-24)22(27)25(21(19)26)16-9-7-8-15(23)14-16/h3-4,7-11,14H,2,5-6,12-13H2,1H3. The van der Waals surface area contributed by atoms with Crippen molar-refractivity contribution in [1.29, 1.82) is 0 Å². The number of anilines is 1. The highest BCUT2D eigenvalue weighted by Gasteiger charge is 2.43. The van der Waals surface area contributed by atoms with Gasteiger partial charge in [0.25, 0.3) is 11.8 Å². The third-order valence-electron chi connectivity index (χ3n) is 5.17. The van der Waals surface area contributed by atoms with Crippen LogP contribution in [0.25, 0.3) is 5.57 Å². The second kappa shape index (κ2) is 7.68. The van der Waals surface area contributed by atoms with E-state index in [1.165, 1.54) is 4.90 Å². The van der Waals surface area contributed by atoms with Gasteiger partial charge in [-0.2, -0.15) is 0 Å². The van der Waals surface area contributed by atoms with Crippen LogP contribution in [0, 0.1) is 0 Å². The number of carbonyl (C=O) groups is 2. The maximum Gasteiger partial charge on any atom is 0.282 e. The van der Waals surface area contributed by atoms with E-state index in [9.17, 15) is 9.59 Å². The van der Waals surface area contributed by atoms with Gasteiger partial charge < -0.3 is 9.64 Å². The van der Waals surface area contributed by atoms with Crippen LogP contribution in [-0.4, -0.2) is 36.9 Å². The first kappa shape index (κ1) is 18.6. The first-order valence-electron chi connectivity index (χ1n) is 9.39. The molecule has 2 heterocycles. The lowest BCUT2D eigenvalue weighted by Gasteiger charge is -2.29. The number of hydrogen-bond donors (Lipinski definition) is 0. The van der Waals surface area contributed by atoms with Crippen LogP contribution in [0.4, 0.5) is 5.69 Å². The molecule has 2 aromatic rings. The number of benzene rings is 2. The van der Waals surface area contributed by atoms with Gasteiger partial charge in [-0.15, -0.1) is 0 Å². The van der Waals surface area contributed by atoms with E-state index in [2.05, 4.69) is 0 Å². The number of likely N-dealkylation sites (tertiary alicyclic amines) is 1. The lowest BCUT2D eigenvalue weighted by molar-refractivity contribution is -0.120. The lowest BCUT2D eigenvalue weighted by atomic mass is 10.0. The third kappa shape index (κ3) is 3.16. The molecule has 1 saturated heterocycles. The zero-order valence-electron chi connectivity index (χ0n) is 15.7. The lowest BCUT2D eigenvalue weighted by Crippen LogP contribution is -2.37. The molecule has 28 heavy (non-hydrogen) atoms. The van der Waals surface area contributed by atoms with Crippen LogP contribution in [-0.2, 0) is 9.59 Å². The number of nitrogens with zero attached hydrogens (tertiary/aromatic N) is 2. The van der Waals surface area contributed by atoms with Gasteiger partial charge in [0.15, 0.2) is 0 Å². The van der Waals surface area contributed by atoms with Gasteiger partial charge >= 0.3 is 0 Å².